The van der Waals surface area contributed by atoms with Gasteiger partial charge in [-0.3, -0.25) is 0 Å². The zero-order chi connectivity index (χ0) is 21.2. The maximum absolute atomic E-state index is 12.2. The molecule has 1 atom stereocenters. The average Bonchev–Trinajstić information content (AvgIpc) is 3.17. The van der Waals surface area contributed by atoms with E-state index in [-0.39, 0.29) is 17.4 Å². The van der Waals surface area contributed by atoms with Gasteiger partial charge in [-0.2, -0.15) is 0 Å². The quantitative estimate of drug-likeness (QED) is 0.506. The third-order valence-corrected chi connectivity index (χ3v) is 5.22. The van der Waals surface area contributed by atoms with Crippen molar-refractivity contribution in [1.82, 2.24) is 20.1 Å². The van der Waals surface area contributed by atoms with E-state index >= 15 is 0 Å². The molecule has 1 saturated heterocycles. The van der Waals surface area contributed by atoms with Gasteiger partial charge in [0.2, 0.25) is 5.88 Å². The topological polar surface area (TPSA) is 105 Å². The number of hydrogen-bond donors (Lipinski definition) is 1. The van der Waals surface area contributed by atoms with Crippen LogP contribution in [-0.2, 0) is 9.59 Å². The van der Waals surface area contributed by atoms with Crippen LogP contribution in [0.4, 0.5) is 0 Å². The molecular weight excluding hydrogens is 400 g/mol. The van der Waals surface area contributed by atoms with Crippen LogP contribution in [0, 0.1) is 5.92 Å². The second-order valence-corrected chi connectivity index (χ2v) is 7.39. The zero-order valence-corrected chi connectivity index (χ0v) is 16.6. The summed E-state index contributed by atoms with van der Waals surface area (Å²) in [5.41, 5.74) is 0.614. The normalized spacial score (nSPS) is 19.7. The summed E-state index contributed by atoms with van der Waals surface area (Å²) in [6.07, 6.45) is 5.87. The summed E-state index contributed by atoms with van der Waals surface area (Å²) in [4.78, 5) is 28.5. The van der Waals surface area contributed by atoms with E-state index in [4.69, 9.17) is 14.2 Å². The van der Waals surface area contributed by atoms with Gasteiger partial charge in [-0.15, -0.1) is 5.10 Å². The lowest BCUT2D eigenvalue weighted by Gasteiger charge is -2.22. The predicted octanol–water partition coefficient (Wildman–Crippen LogP) is 2.18. The second-order valence-electron chi connectivity index (χ2n) is 7.39. The molecule has 0 spiro atoms. The van der Waals surface area contributed by atoms with Crippen molar-refractivity contribution in [3.63, 3.8) is 0 Å². The van der Waals surface area contributed by atoms with E-state index in [0.29, 0.717) is 29.2 Å². The molecule has 9 nitrogen and oxygen atoms in total. The number of hydrogen-bond acceptors (Lipinski definition) is 8. The van der Waals surface area contributed by atoms with Crippen LogP contribution in [0.5, 0.6) is 17.4 Å². The summed E-state index contributed by atoms with van der Waals surface area (Å²) in [6, 6.07) is 8.78. The standard InChI is InChI=1S/C22H20N4O5/c27-18-8-9-19(28)31-21-16(30-18)7-6-15-20(21)22(29-13-14-4-3-10-23-12-14)25-26(15)17-5-1-2-11-24-17/h1-2,5-9,11,14,23H,3-4,10,12-13H2/b9-8-/t14-/m0/s1. The lowest BCUT2D eigenvalue weighted by Crippen LogP contribution is -2.33. The van der Waals surface area contributed by atoms with Gasteiger partial charge in [0.1, 0.15) is 5.39 Å². The predicted molar refractivity (Wildman–Crippen MR) is 110 cm³/mol. The van der Waals surface area contributed by atoms with Crippen LogP contribution in [-0.4, -0.2) is 46.4 Å². The van der Waals surface area contributed by atoms with Crippen LogP contribution in [0.2, 0.25) is 0 Å². The summed E-state index contributed by atoms with van der Waals surface area (Å²) in [6.45, 7) is 2.34. The highest BCUT2D eigenvalue weighted by Crippen LogP contribution is 2.42. The van der Waals surface area contributed by atoms with Gasteiger partial charge in [0.25, 0.3) is 0 Å². The summed E-state index contributed by atoms with van der Waals surface area (Å²) in [5.74, 6) is 0.0902. The van der Waals surface area contributed by atoms with E-state index in [1.807, 2.05) is 18.2 Å². The number of benzene rings is 1. The van der Waals surface area contributed by atoms with Gasteiger partial charge in [0, 0.05) is 30.8 Å². The molecule has 1 N–H and O–H groups in total. The van der Waals surface area contributed by atoms with Crippen LogP contribution in [0.1, 0.15) is 12.8 Å². The van der Waals surface area contributed by atoms with Crippen molar-refractivity contribution >= 4 is 22.8 Å². The van der Waals surface area contributed by atoms with Gasteiger partial charge in [-0.1, -0.05) is 6.07 Å². The zero-order valence-electron chi connectivity index (χ0n) is 16.6. The number of rotatable bonds is 4. The summed E-state index contributed by atoms with van der Waals surface area (Å²) in [7, 11) is 0. The molecule has 1 aromatic carbocycles. The van der Waals surface area contributed by atoms with Gasteiger partial charge in [-0.25, -0.2) is 19.3 Å². The first-order chi connectivity index (χ1) is 15.2. The summed E-state index contributed by atoms with van der Waals surface area (Å²) >= 11 is 0. The Morgan fingerprint density at radius 1 is 1.13 bits per heavy atom. The third kappa shape index (κ3) is 3.87. The van der Waals surface area contributed by atoms with Crippen LogP contribution >= 0.6 is 0 Å². The lowest BCUT2D eigenvalue weighted by atomic mass is 10.0. The molecule has 0 amide bonds. The highest BCUT2D eigenvalue weighted by atomic mass is 16.6. The second kappa shape index (κ2) is 8.19. The minimum absolute atomic E-state index is 0.0964. The molecule has 5 rings (SSSR count). The van der Waals surface area contributed by atoms with Gasteiger partial charge < -0.3 is 19.5 Å². The minimum atomic E-state index is -0.682. The lowest BCUT2D eigenvalue weighted by molar-refractivity contribution is -0.133. The summed E-state index contributed by atoms with van der Waals surface area (Å²) < 4.78 is 18.6. The Bertz CT molecular complexity index is 1170. The SMILES string of the molecule is O=C1/C=C\C(=O)Oc2c(ccc3c2c(OC[C@H]2CCCNC2)nn3-c2ccccn2)O1. The van der Waals surface area contributed by atoms with E-state index in [9.17, 15) is 9.59 Å². The molecule has 0 aliphatic carbocycles. The number of carbonyl (C=O) groups is 2. The van der Waals surface area contributed by atoms with Crippen LogP contribution in [0.3, 0.4) is 0 Å². The number of nitrogens with one attached hydrogen (secondary N) is 1. The minimum Gasteiger partial charge on any atom is -0.476 e. The van der Waals surface area contributed by atoms with Crippen molar-refractivity contribution in [2.45, 2.75) is 12.8 Å². The highest BCUT2D eigenvalue weighted by molar-refractivity contribution is 6.01. The number of esters is 2. The third-order valence-electron chi connectivity index (χ3n) is 5.22. The largest absolute Gasteiger partial charge is 0.476 e. The molecule has 4 heterocycles. The Kier molecular flexibility index (Phi) is 5.09. The number of aromatic nitrogens is 3. The van der Waals surface area contributed by atoms with Crippen molar-refractivity contribution < 1.29 is 23.8 Å². The maximum Gasteiger partial charge on any atom is 0.336 e. The van der Waals surface area contributed by atoms with Crippen LogP contribution in [0.15, 0.2) is 48.7 Å². The molecule has 31 heavy (non-hydrogen) atoms. The first-order valence-corrected chi connectivity index (χ1v) is 10.1. The van der Waals surface area contributed by atoms with Crippen molar-refractivity contribution in [2.75, 3.05) is 19.7 Å². The molecule has 2 aliphatic rings. The Morgan fingerprint density at radius 2 is 2.00 bits per heavy atom. The average molecular weight is 420 g/mol. The fraction of sp³-hybridized carbons (Fsp3) is 0.273. The van der Waals surface area contributed by atoms with Crippen LogP contribution < -0.4 is 19.5 Å². The first kappa shape index (κ1) is 19.3. The van der Waals surface area contributed by atoms with Crippen molar-refractivity contribution in [3.05, 3.63) is 48.7 Å². The van der Waals surface area contributed by atoms with Gasteiger partial charge in [-0.05, 0) is 43.7 Å². The van der Waals surface area contributed by atoms with Crippen molar-refractivity contribution in [2.24, 2.45) is 5.92 Å². The number of nitrogens with zero attached hydrogens (tertiary/aromatic N) is 3. The maximum atomic E-state index is 12.2. The number of piperidine rings is 1. The first-order valence-electron chi connectivity index (χ1n) is 10.1. The number of ether oxygens (including phenoxy) is 3. The van der Waals surface area contributed by atoms with E-state index < -0.39 is 11.9 Å². The van der Waals surface area contributed by atoms with Gasteiger partial charge in [0.15, 0.2) is 17.3 Å². The molecule has 9 heteroatoms. The summed E-state index contributed by atoms with van der Waals surface area (Å²) in [5, 5.41) is 8.42. The Morgan fingerprint density at radius 3 is 2.77 bits per heavy atom. The van der Waals surface area contributed by atoms with E-state index in [1.54, 1.807) is 23.0 Å². The van der Waals surface area contributed by atoms with E-state index in [0.717, 1.165) is 38.1 Å². The van der Waals surface area contributed by atoms with Crippen molar-refractivity contribution in [3.8, 4) is 23.2 Å². The van der Waals surface area contributed by atoms with E-state index in [1.165, 1.54) is 0 Å². The molecule has 3 aromatic rings. The fourth-order valence-electron chi connectivity index (χ4n) is 3.74. The van der Waals surface area contributed by atoms with Gasteiger partial charge >= 0.3 is 11.9 Å². The molecule has 1 fully saturated rings. The van der Waals surface area contributed by atoms with E-state index in [2.05, 4.69) is 15.4 Å². The number of carbonyl (C=O) groups excluding carboxylic acids is 2. The highest BCUT2D eigenvalue weighted by Gasteiger charge is 2.26. The molecular formula is C22H20N4O5. The fourth-order valence-corrected chi connectivity index (χ4v) is 3.74. The molecule has 2 aliphatic heterocycles. The smallest absolute Gasteiger partial charge is 0.336 e. The molecule has 0 radical (unpaired) electrons. The van der Waals surface area contributed by atoms with Gasteiger partial charge in [0.05, 0.1) is 12.1 Å². The Labute approximate surface area is 177 Å². The molecule has 158 valence electrons. The molecule has 0 unspecified atom stereocenters. The Balaban J connectivity index is 1.63. The number of fused-ring (bicyclic) bond motifs is 3. The molecule has 0 bridgehead atoms. The van der Waals surface area contributed by atoms with Crippen LogP contribution in [0.25, 0.3) is 16.7 Å². The van der Waals surface area contributed by atoms with Crippen molar-refractivity contribution in [1.29, 1.82) is 0 Å². The monoisotopic (exact) mass is 420 g/mol. The number of pyridine rings is 1. The molecule has 0 saturated carbocycles. The Hall–Kier alpha value is -3.72. The molecule has 2 aromatic heterocycles.